The smallest absolute Gasteiger partial charge is 0.221 e. The first-order chi connectivity index (χ1) is 17.4. The summed E-state index contributed by atoms with van der Waals surface area (Å²) in [6.45, 7) is 0. The molecule has 0 aliphatic carbocycles. The van der Waals surface area contributed by atoms with E-state index in [4.69, 9.17) is 39.7 Å². The van der Waals surface area contributed by atoms with Crippen LogP contribution >= 0.6 is 23.2 Å². The minimum Gasteiger partial charge on any atom is -0.382 e. The van der Waals surface area contributed by atoms with E-state index in [2.05, 4.69) is 15.2 Å². The molecule has 1 amide bonds. The van der Waals surface area contributed by atoms with Crippen molar-refractivity contribution in [3.63, 3.8) is 0 Å². The number of nitrogens with two attached hydrogens (primary N) is 2. The summed E-state index contributed by atoms with van der Waals surface area (Å²) in [5, 5.41) is 8.77. The zero-order chi connectivity index (χ0) is 25.2. The number of rotatable bonds is 8. The van der Waals surface area contributed by atoms with Gasteiger partial charge in [0.1, 0.15) is 16.7 Å². The molecule has 9 heteroatoms. The Morgan fingerprint density at radius 2 is 1.72 bits per heavy atom. The molecular weight excluding hydrogens is 495 g/mol. The number of anilines is 1. The predicted molar refractivity (Wildman–Crippen MR) is 144 cm³/mol. The molecule has 2 atom stereocenters. The van der Waals surface area contributed by atoms with Crippen LogP contribution in [0.15, 0.2) is 72.8 Å². The van der Waals surface area contributed by atoms with Crippen LogP contribution in [0.5, 0.6) is 0 Å². The van der Waals surface area contributed by atoms with Crippen molar-refractivity contribution in [1.82, 2.24) is 20.2 Å². The van der Waals surface area contributed by atoms with Gasteiger partial charge < -0.3 is 16.5 Å². The van der Waals surface area contributed by atoms with Gasteiger partial charge in [-0.15, -0.1) is 0 Å². The second-order valence-corrected chi connectivity index (χ2v) is 9.61. The number of nitrogen functional groups attached to an aromatic ring is 1. The first-order valence-electron chi connectivity index (χ1n) is 11.5. The van der Waals surface area contributed by atoms with E-state index in [1.165, 1.54) is 0 Å². The van der Waals surface area contributed by atoms with E-state index in [9.17, 15) is 4.79 Å². The molecular formula is C27H24Cl2N6O. The Morgan fingerprint density at radius 3 is 2.47 bits per heavy atom. The number of carbonyl (C=O) groups is 1. The molecule has 0 aliphatic heterocycles. The number of amides is 1. The SMILES string of the molecule is NC(=O)C(Cc1cccc(Cl)c1)[C@H](Cc1ccccc1)c1nc(-c2ccc3c(N)n[nH]c3c2)c(Cl)[nH]1. The van der Waals surface area contributed by atoms with E-state index < -0.39 is 11.8 Å². The fourth-order valence-corrected chi connectivity index (χ4v) is 5.04. The quantitative estimate of drug-likeness (QED) is 0.216. The highest BCUT2D eigenvalue weighted by Gasteiger charge is 2.32. The third kappa shape index (κ3) is 4.94. The third-order valence-electron chi connectivity index (χ3n) is 6.39. The van der Waals surface area contributed by atoms with Gasteiger partial charge in [-0.2, -0.15) is 5.10 Å². The van der Waals surface area contributed by atoms with Crippen LogP contribution in [0.2, 0.25) is 10.2 Å². The monoisotopic (exact) mass is 518 g/mol. The number of aromatic amines is 2. The summed E-state index contributed by atoms with van der Waals surface area (Å²) in [4.78, 5) is 20.9. The molecule has 7 nitrogen and oxygen atoms in total. The van der Waals surface area contributed by atoms with Gasteiger partial charge in [0.05, 0.1) is 11.4 Å². The predicted octanol–water partition coefficient (Wildman–Crippen LogP) is 5.51. The van der Waals surface area contributed by atoms with Crippen LogP contribution in [0.25, 0.3) is 22.2 Å². The molecule has 0 fully saturated rings. The maximum absolute atomic E-state index is 12.8. The molecule has 2 aromatic heterocycles. The lowest BCUT2D eigenvalue weighted by atomic mass is 9.81. The number of hydrogen-bond donors (Lipinski definition) is 4. The lowest BCUT2D eigenvalue weighted by Gasteiger charge is -2.24. The van der Waals surface area contributed by atoms with Crippen molar-refractivity contribution in [3.8, 4) is 11.3 Å². The highest BCUT2D eigenvalue weighted by Crippen LogP contribution is 2.35. The Balaban J connectivity index is 1.56. The third-order valence-corrected chi connectivity index (χ3v) is 6.90. The van der Waals surface area contributed by atoms with Crippen molar-refractivity contribution in [2.45, 2.75) is 18.8 Å². The first-order valence-corrected chi connectivity index (χ1v) is 12.2. The highest BCUT2D eigenvalue weighted by atomic mass is 35.5. The summed E-state index contributed by atoms with van der Waals surface area (Å²) in [5.41, 5.74) is 16.0. The van der Waals surface area contributed by atoms with E-state index in [1.807, 2.05) is 66.7 Å². The molecule has 0 saturated carbocycles. The van der Waals surface area contributed by atoms with Crippen LogP contribution in [-0.2, 0) is 17.6 Å². The summed E-state index contributed by atoms with van der Waals surface area (Å²) < 4.78 is 0. The summed E-state index contributed by atoms with van der Waals surface area (Å²) in [5.74, 6) is -0.290. The number of nitrogens with zero attached hydrogens (tertiary/aromatic N) is 2. The van der Waals surface area contributed by atoms with Gasteiger partial charge in [-0.3, -0.25) is 9.89 Å². The van der Waals surface area contributed by atoms with Crippen LogP contribution in [0, 0.1) is 5.92 Å². The Hall–Kier alpha value is -3.81. The Morgan fingerprint density at radius 1 is 0.944 bits per heavy atom. The molecule has 36 heavy (non-hydrogen) atoms. The topological polar surface area (TPSA) is 126 Å². The molecule has 2 heterocycles. The van der Waals surface area contributed by atoms with Crippen molar-refractivity contribution in [2.24, 2.45) is 11.7 Å². The van der Waals surface area contributed by atoms with E-state index in [0.717, 1.165) is 27.6 Å². The molecule has 5 rings (SSSR count). The average molecular weight is 519 g/mol. The minimum absolute atomic E-state index is 0.346. The van der Waals surface area contributed by atoms with Crippen molar-refractivity contribution in [2.75, 3.05) is 5.73 Å². The van der Waals surface area contributed by atoms with Crippen molar-refractivity contribution in [1.29, 1.82) is 0 Å². The molecule has 182 valence electrons. The van der Waals surface area contributed by atoms with Crippen molar-refractivity contribution >= 4 is 45.8 Å². The normalized spacial score (nSPS) is 13.1. The lowest BCUT2D eigenvalue weighted by Crippen LogP contribution is -2.32. The number of nitrogens with one attached hydrogen (secondary N) is 2. The largest absolute Gasteiger partial charge is 0.382 e. The number of imidazole rings is 1. The molecule has 3 aromatic carbocycles. The number of primary amides is 1. The molecule has 5 aromatic rings. The number of hydrogen-bond acceptors (Lipinski definition) is 4. The van der Waals surface area contributed by atoms with Gasteiger partial charge in [0, 0.05) is 21.9 Å². The van der Waals surface area contributed by atoms with Crippen molar-refractivity contribution < 1.29 is 4.79 Å². The first kappa shape index (κ1) is 23.9. The second-order valence-electron chi connectivity index (χ2n) is 8.79. The minimum atomic E-state index is -0.548. The Labute approximate surface area is 217 Å². The number of H-pyrrole nitrogens is 2. The molecule has 0 saturated heterocycles. The zero-order valence-electron chi connectivity index (χ0n) is 19.2. The Kier molecular flexibility index (Phi) is 6.67. The van der Waals surface area contributed by atoms with Crippen LogP contribution in [0.4, 0.5) is 5.82 Å². The number of fused-ring (bicyclic) bond motifs is 1. The van der Waals surface area contributed by atoms with Gasteiger partial charge in [-0.1, -0.05) is 71.7 Å². The summed E-state index contributed by atoms with van der Waals surface area (Å²) >= 11 is 12.8. The Bertz CT molecular complexity index is 1530. The van der Waals surface area contributed by atoms with Gasteiger partial charge in [-0.25, -0.2) is 4.98 Å². The van der Waals surface area contributed by atoms with Crippen LogP contribution in [-0.4, -0.2) is 26.1 Å². The zero-order valence-corrected chi connectivity index (χ0v) is 20.7. The van der Waals surface area contributed by atoms with Crippen LogP contribution in [0.1, 0.15) is 22.9 Å². The molecule has 0 bridgehead atoms. The summed E-state index contributed by atoms with van der Waals surface area (Å²) in [7, 11) is 0. The molecule has 0 radical (unpaired) electrons. The molecule has 6 N–H and O–H groups in total. The second kappa shape index (κ2) is 10.0. The van der Waals surface area contributed by atoms with Gasteiger partial charge in [0.2, 0.25) is 5.91 Å². The summed E-state index contributed by atoms with van der Waals surface area (Å²) in [6, 6.07) is 23.0. The van der Waals surface area contributed by atoms with Gasteiger partial charge in [0.15, 0.2) is 5.82 Å². The molecule has 0 aliphatic rings. The van der Waals surface area contributed by atoms with Crippen LogP contribution in [0.3, 0.4) is 0 Å². The number of carbonyl (C=O) groups excluding carboxylic acids is 1. The van der Waals surface area contributed by atoms with E-state index in [1.54, 1.807) is 6.07 Å². The van der Waals surface area contributed by atoms with Crippen molar-refractivity contribution in [3.05, 3.63) is 99.9 Å². The summed E-state index contributed by atoms with van der Waals surface area (Å²) in [6.07, 6.45) is 0.967. The number of benzene rings is 3. The fraction of sp³-hybridized carbons (Fsp3) is 0.148. The van der Waals surface area contributed by atoms with E-state index in [0.29, 0.717) is 40.4 Å². The maximum Gasteiger partial charge on any atom is 0.221 e. The van der Waals surface area contributed by atoms with Gasteiger partial charge in [-0.05, 0) is 48.2 Å². The number of halogens is 2. The van der Waals surface area contributed by atoms with E-state index in [-0.39, 0.29) is 5.92 Å². The molecule has 0 spiro atoms. The van der Waals surface area contributed by atoms with Crippen LogP contribution < -0.4 is 11.5 Å². The number of aromatic nitrogens is 4. The fourth-order valence-electron chi connectivity index (χ4n) is 4.58. The van der Waals surface area contributed by atoms with Gasteiger partial charge >= 0.3 is 0 Å². The highest BCUT2D eigenvalue weighted by molar-refractivity contribution is 6.32. The maximum atomic E-state index is 12.8. The standard InChI is InChI=1S/C27H24Cl2N6O/c28-18-8-4-7-16(11-18)13-20(26(31)36)21(12-15-5-2-1-3-6-15)27-32-23(24(29)33-27)17-9-10-19-22(14-17)34-35-25(19)30/h1-11,14,20-21H,12-13H2,(H2,31,36)(H,32,33)(H3,30,34,35)/t20?,21-/m0/s1. The molecule has 1 unspecified atom stereocenters. The van der Waals surface area contributed by atoms with E-state index >= 15 is 0 Å². The lowest BCUT2D eigenvalue weighted by molar-refractivity contribution is -0.122. The average Bonchev–Trinajstić information content (AvgIpc) is 3.44. The van der Waals surface area contributed by atoms with Gasteiger partial charge in [0.25, 0.3) is 0 Å².